The lowest BCUT2D eigenvalue weighted by atomic mass is 10.2. The first kappa shape index (κ1) is 19.5. The maximum atomic E-state index is 12.5. The number of hydrogen-bond donors (Lipinski definition) is 1. The fourth-order valence-corrected chi connectivity index (χ4v) is 3.81. The molecule has 4 heterocycles. The number of nitrogens with zero attached hydrogens (tertiary/aromatic N) is 7. The van der Waals surface area contributed by atoms with Crippen molar-refractivity contribution in [1.29, 1.82) is 0 Å². The molecule has 2 aliphatic rings. The van der Waals surface area contributed by atoms with Crippen LogP contribution < -0.4 is 9.80 Å². The van der Waals surface area contributed by atoms with Gasteiger partial charge in [0.1, 0.15) is 0 Å². The minimum Gasteiger partial charge on any atom is -0.395 e. The first-order chi connectivity index (χ1) is 14.2. The molecule has 0 bridgehead atoms. The molecule has 0 unspecified atom stereocenters. The number of hydrogen-bond acceptors (Lipinski definition) is 8. The van der Waals surface area contributed by atoms with Crippen molar-refractivity contribution in [1.82, 2.24) is 25.0 Å². The SMILES string of the molecule is O=C(c1cccnc1)N1CCN(c2ccc(N3CCN(CCO)CC3)nn2)CC1. The minimum absolute atomic E-state index is 0.0273. The number of β-amino-alcohol motifs (C(OH)–C–C–N with tert-alkyl or cyclic N) is 1. The van der Waals surface area contributed by atoms with Crippen molar-refractivity contribution in [2.24, 2.45) is 0 Å². The van der Waals surface area contributed by atoms with Gasteiger partial charge in [-0.05, 0) is 24.3 Å². The smallest absolute Gasteiger partial charge is 0.255 e. The van der Waals surface area contributed by atoms with E-state index in [-0.39, 0.29) is 12.5 Å². The molecule has 29 heavy (non-hydrogen) atoms. The molecule has 0 atom stereocenters. The molecule has 0 aromatic carbocycles. The van der Waals surface area contributed by atoms with Gasteiger partial charge in [-0.15, -0.1) is 10.2 Å². The van der Waals surface area contributed by atoms with Gasteiger partial charge in [0.05, 0.1) is 12.2 Å². The molecule has 1 amide bonds. The fraction of sp³-hybridized carbons (Fsp3) is 0.500. The number of carbonyl (C=O) groups excluding carboxylic acids is 1. The number of aliphatic hydroxyl groups excluding tert-OH is 1. The number of pyridine rings is 1. The average Bonchev–Trinajstić information content (AvgIpc) is 2.80. The number of anilines is 2. The minimum atomic E-state index is 0.0273. The molecule has 0 radical (unpaired) electrons. The second-order valence-corrected chi connectivity index (χ2v) is 7.32. The molecule has 2 aromatic rings. The molecule has 2 fully saturated rings. The van der Waals surface area contributed by atoms with Gasteiger partial charge in [0.15, 0.2) is 11.6 Å². The molecule has 9 heteroatoms. The maximum Gasteiger partial charge on any atom is 0.255 e. The Bertz CT molecular complexity index is 786. The Morgan fingerprint density at radius 2 is 1.52 bits per heavy atom. The highest BCUT2D eigenvalue weighted by atomic mass is 16.3. The maximum absolute atomic E-state index is 12.5. The Hall–Kier alpha value is -2.78. The second kappa shape index (κ2) is 9.15. The predicted octanol–water partition coefficient (Wildman–Crippen LogP) is -0.0517. The summed E-state index contributed by atoms with van der Waals surface area (Å²) in [6.07, 6.45) is 3.29. The zero-order valence-electron chi connectivity index (χ0n) is 16.5. The summed E-state index contributed by atoms with van der Waals surface area (Å²) in [6, 6.07) is 7.63. The summed E-state index contributed by atoms with van der Waals surface area (Å²) in [5.41, 5.74) is 0.629. The standard InChI is InChI=1S/C20H27N7O2/c28-15-14-24-6-8-25(9-7-24)18-3-4-19(23-22-18)26-10-12-27(13-11-26)20(29)17-2-1-5-21-16-17/h1-5,16,28H,6-15H2. The molecule has 154 valence electrons. The van der Waals surface area contributed by atoms with E-state index in [1.54, 1.807) is 24.5 Å². The highest BCUT2D eigenvalue weighted by Gasteiger charge is 2.24. The summed E-state index contributed by atoms with van der Waals surface area (Å²) in [6.45, 7) is 7.36. The molecule has 0 saturated carbocycles. The first-order valence-electron chi connectivity index (χ1n) is 10.1. The van der Waals surface area contributed by atoms with Crippen LogP contribution in [0.3, 0.4) is 0 Å². The zero-order chi connectivity index (χ0) is 20.1. The number of carbonyl (C=O) groups is 1. The van der Waals surface area contributed by atoms with Crippen LogP contribution in [0.15, 0.2) is 36.7 Å². The summed E-state index contributed by atoms with van der Waals surface area (Å²) < 4.78 is 0. The quantitative estimate of drug-likeness (QED) is 0.751. The average molecular weight is 397 g/mol. The number of aliphatic hydroxyl groups is 1. The van der Waals surface area contributed by atoms with E-state index in [9.17, 15) is 4.79 Å². The third-order valence-corrected chi connectivity index (χ3v) is 5.55. The molecule has 1 N–H and O–H groups in total. The van der Waals surface area contributed by atoms with Crippen LogP contribution in [-0.2, 0) is 0 Å². The van der Waals surface area contributed by atoms with E-state index in [1.807, 2.05) is 17.0 Å². The molecule has 2 saturated heterocycles. The normalized spacial score (nSPS) is 18.2. The molecule has 2 aliphatic heterocycles. The van der Waals surface area contributed by atoms with Crippen molar-refractivity contribution in [2.75, 3.05) is 75.3 Å². The topological polar surface area (TPSA) is 88.9 Å². The van der Waals surface area contributed by atoms with Gasteiger partial charge in [0.2, 0.25) is 0 Å². The Balaban J connectivity index is 1.30. The van der Waals surface area contributed by atoms with Crippen molar-refractivity contribution in [3.8, 4) is 0 Å². The summed E-state index contributed by atoms with van der Waals surface area (Å²) >= 11 is 0. The lowest BCUT2D eigenvalue weighted by molar-refractivity contribution is 0.0746. The lowest BCUT2D eigenvalue weighted by Gasteiger charge is -2.36. The molecular weight excluding hydrogens is 370 g/mol. The second-order valence-electron chi connectivity index (χ2n) is 7.32. The van der Waals surface area contributed by atoms with Crippen LogP contribution in [0.25, 0.3) is 0 Å². The van der Waals surface area contributed by atoms with Crippen LogP contribution in [-0.4, -0.2) is 102 Å². The van der Waals surface area contributed by atoms with E-state index in [0.717, 1.165) is 57.4 Å². The van der Waals surface area contributed by atoms with Crippen LogP contribution in [0.2, 0.25) is 0 Å². The third-order valence-electron chi connectivity index (χ3n) is 5.55. The van der Waals surface area contributed by atoms with Gasteiger partial charge >= 0.3 is 0 Å². The number of amides is 1. The Labute approximate surface area is 170 Å². The van der Waals surface area contributed by atoms with Crippen molar-refractivity contribution in [2.45, 2.75) is 0 Å². The van der Waals surface area contributed by atoms with Crippen LogP contribution >= 0.6 is 0 Å². The van der Waals surface area contributed by atoms with E-state index in [1.165, 1.54) is 0 Å². The first-order valence-corrected chi connectivity index (χ1v) is 10.1. The lowest BCUT2D eigenvalue weighted by Crippen LogP contribution is -2.49. The van der Waals surface area contributed by atoms with Gasteiger partial charge in [-0.25, -0.2) is 0 Å². The van der Waals surface area contributed by atoms with Crippen LogP contribution in [0.1, 0.15) is 10.4 Å². The summed E-state index contributed by atoms with van der Waals surface area (Å²) in [5.74, 6) is 1.77. The van der Waals surface area contributed by atoms with E-state index in [4.69, 9.17) is 5.11 Å². The van der Waals surface area contributed by atoms with Gasteiger partial charge in [-0.2, -0.15) is 0 Å². The van der Waals surface area contributed by atoms with Crippen molar-refractivity contribution >= 4 is 17.5 Å². The Kier molecular flexibility index (Phi) is 6.16. The van der Waals surface area contributed by atoms with Gasteiger partial charge in [0, 0.05) is 71.3 Å². The molecule has 0 spiro atoms. The number of piperazine rings is 2. The summed E-state index contributed by atoms with van der Waals surface area (Å²) in [7, 11) is 0. The van der Waals surface area contributed by atoms with Crippen molar-refractivity contribution in [3.63, 3.8) is 0 Å². The fourth-order valence-electron chi connectivity index (χ4n) is 3.81. The summed E-state index contributed by atoms with van der Waals surface area (Å²) in [5, 5.41) is 17.9. The predicted molar refractivity (Wildman–Crippen MR) is 110 cm³/mol. The molecule has 9 nitrogen and oxygen atoms in total. The van der Waals surface area contributed by atoms with Crippen LogP contribution in [0, 0.1) is 0 Å². The van der Waals surface area contributed by atoms with Gasteiger partial charge in [-0.1, -0.05) is 0 Å². The van der Waals surface area contributed by atoms with Gasteiger partial charge < -0.3 is 19.8 Å². The Morgan fingerprint density at radius 1 is 0.897 bits per heavy atom. The van der Waals surface area contributed by atoms with E-state index in [2.05, 4.69) is 29.9 Å². The Morgan fingerprint density at radius 3 is 2.03 bits per heavy atom. The molecular formula is C20H27N7O2. The molecule has 0 aliphatic carbocycles. The highest BCUT2D eigenvalue weighted by molar-refractivity contribution is 5.94. The van der Waals surface area contributed by atoms with Gasteiger partial charge in [-0.3, -0.25) is 14.7 Å². The van der Waals surface area contributed by atoms with E-state index < -0.39 is 0 Å². The highest BCUT2D eigenvalue weighted by Crippen LogP contribution is 2.18. The van der Waals surface area contributed by atoms with Crippen LogP contribution in [0.4, 0.5) is 11.6 Å². The van der Waals surface area contributed by atoms with Crippen molar-refractivity contribution in [3.05, 3.63) is 42.2 Å². The number of rotatable bonds is 5. The molecule has 4 rings (SSSR count). The van der Waals surface area contributed by atoms with Crippen LogP contribution in [0.5, 0.6) is 0 Å². The van der Waals surface area contributed by atoms with Crippen molar-refractivity contribution < 1.29 is 9.90 Å². The number of aromatic nitrogens is 3. The zero-order valence-corrected chi connectivity index (χ0v) is 16.5. The monoisotopic (exact) mass is 397 g/mol. The summed E-state index contributed by atoms with van der Waals surface area (Å²) in [4.78, 5) is 25.1. The van der Waals surface area contributed by atoms with E-state index in [0.29, 0.717) is 18.7 Å². The third kappa shape index (κ3) is 4.63. The van der Waals surface area contributed by atoms with Gasteiger partial charge in [0.25, 0.3) is 5.91 Å². The molecule has 2 aromatic heterocycles. The van der Waals surface area contributed by atoms with E-state index >= 15 is 0 Å². The largest absolute Gasteiger partial charge is 0.395 e.